The number of carbonyl (C=O) groups is 1. The molecular weight excluding hydrogens is 328 g/mol. The Bertz CT molecular complexity index is 767. The lowest BCUT2D eigenvalue weighted by molar-refractivity contribution is -0.122. The van der Waals surface area contributed by atoms with Gasteiger partial charge < -0.3 is 11.1 Å². The average Bonchev–Trinajstić information content (AvgIpc) is 2.81. The van der Waals surface area contributed by atoms with Crippen molar-refractivity contribution >= 4 is 21.8 Å². The van der Waals surface area contributed by atoms with Crippen molar-refractivity contribution in [1.82, 2.24) is 10.0 Å². The molecule has 1 aliphatic carbocycles. The number of rotatable bonds is 3. The maximum absolute atomic E-state index is 12.3. The second kappa shape index (κ2) is 6.52. The summed E-state index contributed by atoms with van der Waals surface area (Å²) in [7, 11) is -3.59. The fourth-order valence-electron chi connectivity index (χ4n) is 3.07. The Morgan fingerprint density at radius 1 is 1.29 bits per heavy atom. The third-order valence-corrected chi connectivity index (χ3v) is 5.88. The zero-order valence-corrected chi connectivity index (χ0v) is 14.3. The van der Waals surface area contributed by atoms with Gasteiger partial charge in [0.15, 0.2) is 0 Å². The number of aliphatic imine (C=N–C) groups is 1. The molecule has 24 heavy (non-hydrogen) atoms. The number of sulfonamides is 1. The van der Waals surface area contributed by atoms with Crippen LogP contribution in [0.5, 0.6) is 0 Å². The molecule has 1 aromatic carbocycles. The van der Waals surface area contributed by atoms with Crippen molar-refractivity contribution in [3.63, 3.8) is 0 Å². The summed E-state index contributed by atoms with van der Waals surface area (Å²) in [6.07, 6.45) is 3.54. The van der Waals surface area contributed by atoms with E-state index >= 15 is 0 Å². The highest BCUT2D eigenvalue weighted by atomic mass is 32.2. The van der Waals surface area contributed by atoms with Crippen molar-refractivity contribution in [1.29, 1.82) is 0 Å². The molecule has 1 amide bonds. The summed E-state index contributed by atoms with van der Waals surface area (Å²) in [4.78, 5) is 16.8. The normalized spacial score (nSPS) is 28.0. The molecule has 0 bridgehead atoms. The summed E-state index contributed by atoms with van der Waals surface area (Å²) in [5, 5.41) is 2.98. The van der Waals surface area contributed by atoms with Gasteiger partial charge >= 0.3 is 0 Å². The topological polar surface area (TPSA) is 114 Å². The monoisotopic (exact) mass is 350 g/mol. The standard InChI is InChI=1S/C16H22N4O3S/c1-10(16(21)19-12-8-6-11(17)7-9-12)18-15-13-4-2-3-5-14(13)24(22,23)20-15/h2-5,10-12H,6-9,17H2,1H3,(H,18,20)(H,19,21). The molecule has 3 rings (SSSR count). The van der Waals surface area contributed by atoms with Crippen LogP contribution in [0.25, 0.3) is 0 Å². The van der Waals surface area contributed by atoms with Crippen molar-refractivity contribution < 1.29 is 13.2 Å². The van der Waals surface area contributed by atoms with Gasteiger partial charge in [-0.05, 0) is 44.7 Å². The zero-order chi connectivity index (χ0) is 17.3. The summed E-state index contributed by atoms with van der Waals surface area (Å²) >= 11 is 0. The van der Waals surface area contributed by atoms with E-state index in [0.29, 0.717) is 5.56 Å². The van der Waals surface area contributed by atoms with Crippen LogP contribution in [-0.2, 0) is 14.8 Å². The molecule has 0 spiro atoms. The number of nitrogens with two attached hydrogens (primary N) is 1. The van der Waals surface area contributed by atoms with Gasteiger partial charge in [-0.3, -0.25) is 14.5 Å². The molecule has 0 saturated heterocycles. The van der Waals surface area contributed by atoms with E-state index in [0.717, 1.165) is 25.7 Å². The van der Waals surface area contributed by atoms with E-state index in [9.17, 15) is 13.2 Å². The van der Waals surface area contributed by atoms with Gasteiger partial charge in [0.05, 0.1) is 4.90 Å². The lowest BCUT2D eigenvalue weighted by Gasteiger charge is -2.27. The van der Waals surface area contributed by atoms with Crippen molar-refractivity contribution in [2.24, 2.45) is 10.7 Å². The van der Waals surface area contributed by atoms with E-state index in [1.54, 1.807) is 25.1 Å². The van der Waals surface area contributed by atoms with Crippen LogP contribution in [0, 0.1) is 0 Å². The number of nitrogens with one attached hydrogen (secondary N) is 2. The lowest BCUT2D eigenvalue weighted by Crippen LogP contribution is -2.44. The highest BCUT2D eigenvalue weighted by molar-refractivity contribution is 7.90. The van der Waals surface area contributed by atoms with Gasteiger partial charge in [-0.2, -0.15) is 0 Å². The van der Waals surface area contributed by atoms with Gasteiger partial charge in [0.2, 0.25) is 5.91 Å². The third kappa shape index (κ3) is 3.44. The number of benzene rings is 1. The van der Waals surface area contributed by atoms with E-state index in [1.807, 2.05) is 0 Å². The fraction of sp³-hybridized carbons (Fsp3) is 0.500. The van der Waals surface area contributed by atoms with Gasteiger partial charge in [0.1, 0.15) is 11.9 Å². The molecular formula is C16H22N4O3S. The summed E-state index contributed by atoms with van der Waals surface area (Å²) in [6, 6.07) is 6.27. The predicted octanol–water partition coefficient (Wildman–Crippen LogP) is 0.500. The number of amidine groups is 1. The Labute approximate surface area is 141 Å². The number of amides is 1. The van der Waals surface area contributed by atoms with Crippen molar-refractivity contribution in [3.05, 3.63) is 29.8 Å². The second-order valence-electron chi connectivity index (χ2n) is 6.38. The predicted molar refractivity (Wildman–Crippen MR) is 91.1 cm³/mol. The molecule has 0 radical (unpaired) electrons. The maximum Gasteiger partial charge on any atom is 0.263 e. The molecule has 8 heteroatoms. The number of hydrogen-bond acceptors (Lipinski definition) is 5. The highest BCUT2D eigenvalue weighted by Crippen LogP contribution is 2.22. The highest BCUT2D eigenvalue weighted by Gasteiger charge is 2.31. The van der Waals surface area contributed by atoms with Gasteiger partial charge in [-0.15, -0.1) is 0 Å². The first-order valence-electron chi connectivity index (χ1n) is 8.13. The van der Waals surface area contributed by atoms with Crippen molar-refractivity contribution in [3.8, 4) is 0 Å². The Morgan fingerprint density at radius 3 is 2.67 bits per heavy atom. The summed E-state index contributed by atoms with van der Waals surface area (Å²) in [6.45, 7) is 1.66. The Balaban J connectivity index is 1.71. The van der Waals surface area contributed by atoms with Crippen LogP contribution < -0.4 is 15.8 Å². The summed E-state index contributed by atoms with van der Waals surface area (Å²) in [5.74, 6) is 0.0190. The molecule has 2 aliphatic rings. The minimum absolute atomic E-state index is 0.118. The molecule has 1 atom stereocenters. The number of nitrogens with zero attached hydrogens (tertiary/aromatic N) is 1. The molecule has 1 saturated carbocycles. The Morgan fingerprint density at radius 2 is 1.96 bits per heavy atom. The summed E-state index contributed by atoms with van der Waals surface area (Å²) in [5.41, 5.74) is 6.37. The molecule has 1 fully saturated rings. The SMILES string of the molecule is CC(N=C1NS(=O)(=O)c2ccccc21)C(=O)NC1CCC(N)CC1. The molecule has 1 aromatic rings. The van der Waals surface area contributed by atoms with E-state index < -0.39 is 16.1 Å². The van der Waals surface area contributed by atoms with Crippen LogP contribution >= 0.6 is 0 Å². The van der Waals surface area contributed by atoms with Gasteiger partial charge in [0.25, 0.3) is 10.0 Å². The first-order valence-corrected chi connectivity index (χ1v) is 9.61. The molecule has 1 heterocycles. The van der Waals surface area contributed by atoms with Crippen molar-refractivity contribution in [2.45, 2.75) is 55.6 Å². The van der Waals surface area contributed by atoms with Crippen LogP contribution in [-0.4, -0.2) is 38.3 Å². The van der Waals surface area contributed by atoms with Crippen LogP contribution in [0.2, 0.25) is 0 Å². The van der Waals surface area contributed by atoms with Gasteiger partial charge in [-0.1, -0.05) is 12.1 Å². The number of fused-ring (bicyclic) bond motifs is 1. The number of hydrogen-bond donors (Lipinski definition) is 3. The quantitative estimate of drug-likeness (QED) is 0.736. The third-order valence-electron chi connectivity index (χ3n) is 4.48. The molecule has 1 unspecified atom stereocenters. The molecule has 7 nitrogen and oxygen atoms in total. The largest absolute Gasteiger partial charge is 0.352 e. The first kappa shape index (κ1) is 16.9. The Kier molecular flexibility index (Phi) is 4.60. The van der Waals surface area contributed by atoms with Crippen LogP contribution in [0.4, 0.5) is 0 Å². The second-order valence-corrected chi connectivity index (χ2v) is 8.03. The first-order chi connectivity index (χ1) is 11.4. The molecule has 0 aromatic heterocycles. The lowest BCUT2D eigenvalue weighted by atomic mass is 9.92. The van der Waals surface area contributed by atoms with E-state index in [4.69, 9.17) is 5.73 Å². The fourth-order valence-corrected chi connectivity index (χ4v) is 4.31. The summed E-state index contributed by atoms with van der Waals surface area (Å²) < 4.78 is 26.5. The van der Waals surface area contributed by atoms with Crippen LogP contribution in [0.1, 0.15) is 38.2 Å². The molecule has 4 N–H and O–H groups in total. The average molecular weight is 350 g/mol. The minimum Gasteiger partial charge on any atom is -0.352 e. The van der Waals surface area contributed by atoms with Gasteiger partial charge in [0, 0.05) is 17.6 Å². The minimum atomic E-state index is -3.59. The van der Waals surface area contributed by atoms with Crippen LogP contribution in [0.15, 0.2) is 34.2 Å². The van der Waals surface area contributed by atoms with E-state index in [2.05, 4.69) is 15.0 Å². The Hall–Kier alpha value is -1.93. The van der Waals surface area contributed by atoms with E-state index in [-0.39, 0.29) is 28.7 Å². The van der Waals surface area contributed by atoms with Gasteiger partial charge in [-0.25, -0.2) is 8.42 Å². The van der Waals surface area contributed by atoms with E-state index in [1.165, 1.54) is 6.07 Å². The number of carbonyl (C=O) groups excluding carboxylic acids is 1. The maximum atomic E-state index is 12.3. The van der Waals surface area contributed by atoms with Crippen molar-refractivity contribution in [2.75, 3.05) is 0 Å². The molecule has 130 valence electrons. The van der Waals surface area contributed by atoms with Crippen LogP contribution in [0.3, 0.4) is 0 Å². The zero-order valence-electron chi connectivity index (χ0n) is 13.5. The molecule has 1 aliphatic heterocycles. The smallest absolute Gasteiger partial charge is 0.263 e.